The fourth-order valence-electron chi connectivity index (χ4n) is 1.30. The summed E-state index contributed by atoms with van der Waals surface area (Å²) in [6.07, 6.45) is 1.09. The van der Waals surface area contributed by atoms with Crippen molar-refractivity contribution < 1.29 is 17.9 Å². The average molecular weight is 281 g/mol. The van der Waals surface area contributed by atoms with Crippen molar-refractivity contribution in [1.82, 2.24) is 15.4 Å². The molecule has 0 spiro atoms. The predicted molar refractivity (Wildman–Crippen MR) is 69.8 cm³/mol. The van der Waals surface area contributed by atoms with E-state index in [9.17, 15) is 13.2 Å². The fraction of sp³-hybridized carbons (Fsp3) is 0.900. The lowest BCUT2D eigenvalue weighted by Gasteiger charge is -2.25. The molecule has 0 aromatic carbocycles. The van der Waals surface area contributed by atoms with Crippen LogP contribution in [0.2, 0.25) is 0 Å². The van der Waals surface area contributed by atoms with Crippen LogP contribution in [0, 0.1) is 0 Å². The first-order chi connectivity index (χ1) is 8.16. The normalized spacial score (nSPS) is 12.4. The summed E-state index contributed by atoms with van der Waals surface area (Å²) in [6.45, 7) is 4.94. The van der Waals surface area contributed by atoms with E-state index in [-0.39, 0.29) is 19.0 Å². The van der Waals surface area contributed by atoms with Gasteiger partial charge in [-0.15, -0.1) is 0 Å². The topological polar surface area (TPSA) is 96.5 Å². The van der Waals surface area contributed by atoms with Crippen LogP contribution in [0.1, 0.15) is 13.8 Å². The van der Waals surface area contributed by atoms with Gasteiger partial charge in [-0.25, -0.2) is 13.1 Å². The maximum atomic E-state index is 11.4. The maximum absolute atomic E-state index is 11.4. The summed E-state index contributed by atoms with van der Waals surface area (Å²) in [5, 5.41) is 5.55. The van der Waals surface area contributed by atoms with E-state index in [4.69, 9.17) is 4.74 Å². The smallest absolute Gasteiger partial charge is 0.234 e. The highest BCUT2D eigenvalue weighted by Crippen LogP contribution is 2.01. The highest BCUT2D eigenvalue weighted by Gasteiger charge is 2.22. The van der Waals surface area contributed by atoms with Crippen molar-refractivity contribution in [3.63, 3.8) is 0 Å². The van der Waals surface area contributed by atoms with Gasteiger partial charge in [-0.2, -0.15) is 0 Å². The van der Waals surface area contributed by atoms with Crippen molar-refractivity contribution in [1.29, 1.82) is 0 Å². The Morgan fingerprint density at radius 2 is 1.94 bits per heavy atom. The number of methoxy groups -OCH3 is 1. The van der Waals surface area contributed by atoms with Crippen LogP contribution in [0.3, 0.4) is 0 Å². The molecule has 0 atom stereocenters. The van der Waals surface area contributed by atoms with Gasteiger partial charge in [-0.1, -0.05) is 0 Å². The van der Waals surface area contributed by atoms with E-state index in [0.29, 0.717) is 13.2 Å². The first kappa shape index (κ1) is 17.3. The van der Waals surface area contributed by atoms with Crippen LogP contribution in [-0.2, 0) is 19.6 Å². The SMILES string of the molecule is COCCNCC(=O)NCC(C)(C)NS(C)(=O)=O. The summed E-state index contributed by atoms with van der Waals surface area (Å²) in [6, 6.07) is 0. The highest BCUT2D eigenvalue weighted by atomic mass is 32.2. The third kappa shape index (κ3) is 10.5. The third-order valence-electron chi connectivity index (χ3n) is 1.96. The minimum absolute atomic E-state index is 0.179. The van der Waals surface area contributed by atoms with Gasteiger partial charge in [0.05, 0.1) is 19.4 Å². The van der Waals surface area contributed by atoms with Gasteiger partial charge in [0.15, 0.2) is 0 Å². The quantitative estimate of drug-likeness (QED) is 0.455. The van der Waals surface area contributed by atoms with Gasteiger partial charge in [0.2, 0.25) is 15.9 Å². The van der Waals surface area contributed by atoms with E-state index in [2.05, 4.69) is 15.4 Å². The molecule has 0 bridgehead atoms. The fourth-order valence-corrected chi connectivity index (χ4v) is 2.37. The van der Waals surface area contributed by atoms with Crippen LogP contribution in [-0.4, -0.2) is 59.5 Å². The number of sulfonamides is 1. The van der Waals surface area contributed by atoms with Gasteiger partial charge in [0.25, 0.3) is 0 Å². The van der Waals surface area contributed by atoms with Crippen LogP contribution in [0.15, 0.2) is 0 Å². The lowest BCUT2D eigenvalue weighted by atomic mass is 10.1. The van der Waals surface area contributed by atoms with Crippen molar-refractivity contribution in [2.24, 2.45) is 0 Å². The summed E-state index contributed by atoms with van der Waals surface area (Å²) >= 11 is 0. The van der Waals surface area contributed by atoms with Crippen LogP contribution < -0.4 is 15.4 Å². The second kappa shape index (κ2) is 7.67. The van der Waals surface area contributed by atoms with E-state index in [0.717, 1.165) is 6.26 Å². The number of hydrogen-bond acceptors (Lipinski definition) is 5. The Balaban J connectivity index is 3.90. The Bertz CT molecular complexity index is 354. The molecule has 0 saturated heterocycles. The summed E-state index contributed by atoms with van der Waals surface area (Å²) < 4.78 is 29.4. The molecular weight excluding hydrogens is 258 g/mol. The molecule has 0 radical (unpaired) electrons. The zero-order chi connectivity index (χ0) is 14.2. The predicted octanol–water partition coefficient (Wildman–Crippen LogP) is -1.33. The van der Waals surface area contributed by atoms with Gasteiger partial charge in [0.1, 0.15) is 0 Å². The Labute approximate surface area is 109 Å². The summed E-state index contributed by atoms with van der Waals surface area (Å²) in [5.41, 5.74) is -0.713. The zero-order valence-electron chi connectivity index (χ0n) is 11.4. The van der Waals surface area contributed by atoms with Crippen molar-refractivity contribution in [2.45, 2.75) is 19.4 Å². The molecule has 0 fully saturated rings. The number of carbonyl (C=O) groups is 1. The van der Waals surface area contributed by atoms with E-state index >= 15 is 0 Å². The average Bonchev–Trinajstić information content (AvgIpc) is 2.18. The lowest BCUT2D eigenvalue weighted by molar-refractivity contribution is -0.120. The molecule has 0 heterocycles. The zero-order valence-corrected chi connectivity index (χ0v) is 12.2. The second-order valence-electron chi connectivity index (χ2n) is 4.70. The minimum Gasteiger partial charge on any atom is -0.383 e. The van der Waals surface area contributed by atoms with E-state index in [1.165, 1.54) is 0 Å². The standard InChI is InChI=1S/C10H23N3O4S/c1-10(2,13-18(4,15)16)8-12-9(14)7-11-5-6-17-3/h11,13H,5-8H2,1-4H3,(H,12,14). The van der Waals surface area contributed by atoms with Gasteiger partial charge >= 0.3 is 0 Å². The molecule has 18 heavy (non-hydrogen) atoms. The Kier molecular flexibility index (Phi) is 7.37. The first-order valence-corrected chi connectivity index (χ1v) is 7.51. The Hall–Kier alpha value is -0.700. The van der Waals surface area contributed by atoms with Gasteiger partial charge in [-0.05, 0) is 13.8 Å². The van der Waals surface area contributed by atoms with E-state index in [1.54, 1.807) is 21.0 Å². The first-order valence-electron chi connectivity index (χ1n) is 5.61. The molecule has 0 aliphatic rings. The van der Waals surface area contributed by atoms with Crippen LogP contribution in [0.4, 0.5) is 0 Å². The molecule has 7 nitrogen and oxygen atoms in total. The molecule has 0 saturated carbocycles. The maximum Gasteiger partial charge on any atom is 0.234 e. The molecule has 0 unspecified atom stereocenters. The summed E-state index contributed by atoms with van der Waals surface area (Å²) in [4.78, 5) is 11.4. The van der Waals surface area contributed by atoms with E-state index in [1.807, 2.05) is 0 Å². The Morgan fingerprint density at radius 3 is 2.44 bits per heavy atom. The number of nitrogens with one attached hydrogen (secondary N) is 3. The monoisotopic (exact) mass is 281 g/mol. The molecular formula is C10H23N3O4S. The Morgan fingerprint density at radius 1 is 1.33 bits per heavy atom. The molecule has 0 rings (SSSR count). The third-order valence-corrected chi connectivity index (χ3v) is 2.88. The van der Waals surface area contributed by atoms with Crippen molar-refractivity contribution in [2.75, 3.05) is 39.6 Å². The number of ether oxygens (including phenoxy) is 1. The highest BCUT2D eigenvalue weighted by molar-refractivity contribution is 7.88. The molecule has 0 aromatic rings. The van der Waals surface area contributed by atoms with Crippen molar-refractivity contribution >= 4 is 15.9 Å². The number of carbonyl (C=O) groups excluding carboxylic acids is 1. The van der Waals surface area contributed by atoms with Crippen LogP contribution in [0.25, 0.3) is 0 Å². The minimum atomic E-state index is -3.29. The number of amides is 1. The molecule has 0 aromatic heterocycles. The number of hydrogen-bond donors (Lipinski definition) is 3. The van der Waals surface area contributed by atoms with Crippen LogP contribution in [0.5, 0.6) is 0 Å². The second-order valence-corrected chi connectivity index (χ2v) is 6.45. The molecule has 0 aliphatic heterocycles. The molecule has 0 aliphatic carbocycles. The van der Waals surface area contributed by atoms with Gasteiger partial charge in [-0.3, -0.25) is 4.79 Å². The van der Waals surface area contributed by atoms with Crippen molar-refractivity contribution in [3.8, 4) is 0 Å². The largest absolute Gasteiger partial charge is 0.383 e. The molecule has 1 amide bonds. The molecule has 3 N–H and O–H groups in total. The van der Waals surface area contributed by atoms with Crippen molar-refractivity contribution in [3.05, 3.63) is 0 Å². The lowest BCUT2D eigenvalue weighted by Crippen LogP contribution is -2.52. The summed E-state index contributed by atoms with van der Waals surface area (Å²) in [5.74, 6) is -0.186. The number of rotatable bonds is 9. The van der Waals surface area contributed by atoms with E-state index < -0.39 is 15.6 Å². The molecule has 8 heteroatoms. The summed E-state index contributed by atoms with van der Waals surface area (Å²) in [7, 11) is -1.70. The van der Waals surface area contributed by atoms with Crippen LogP contribution >= 0.6 is 0 Å². The van der Waals surface area contributed by atoms with Gasteiger partial charge < -0.3 is 15.4 Å². The molecule has 108 valence electrons. The van der Waals surface area contributed by atoms with Gasteiger partial charge in [0, 0.05) is 25.7 Å².